The highest BCUT2D eigenvalue weighted by Crippen LogP contribution is 2.25. The normalized spacial score (nSPS) is 17.4. The predicted octanol–water partition coefficient (Wildman–Crippen LogP) is 1.51. The van der Waals surface area contributed by atoms with Crippen molar-refractivity contribution in [3.63, 3.8) is 0 Å². The van der Waals surface area contributed by atoms with Gasteiger partial charge in [-0.15, -0.1) is 10.2 Å². The van der Waals surface area contributed by atoms with Gasteiger partial charge in [-0.1, -0.05) is 13.8 Å². The van der Waals surface area contributed by atoms with E-state index in [9.17, 15) is 9.90 Å². The fraction of sp³-hybridized carbons (Fsp3) is 0.500. The smallest absolute Gasteiger partial charge is 0.272 e. The molecule has 23 heavy (non-hydrogen) atoms. The van der Waals surface area contributed by atoms with E-state index in [0.29, 0.717) is 30.3 Å². The monoisotopic (exact) mass is 315 g/mol. The Balaban J connectivity index is 1.86. The van der Waals surface area contributed by atoms with Crippen LogP contribution in [0.4, 0.5) is 0 Å². The number of hydrogen-bond donors (Lipinski definition) is 1. The number of aliphatic hydroxyl groups excluding tert-OH is 1. The quantitative estimate of drug-likeness (QED) is 0.928. The van der Waals surface area contributed by atoms with Crippen molar-refractivity contribution < 1.29 is 9.90 Å². The Bertz CT molecular complexity index is 725. The minimum Gasteiger partial charge on any atom is -0.392 e. The molecule has 3 rings (SSSR count). The first-order valence-corrected chi connectivity index (χ1v) is 7.80. The van der Waals surface area contributed by atoms with Crippen molar-refractivity contribution in [3.05, 3.63) is 41.2 Å². The molecular formula is C16H21N5O2. The SMILES string of the molecule is CC(C)c1nnc2n1[C@@H](C)CN(C(=O)c1cc(CO)ccn1)C2. The number of rotatable bonds is 3. The van der Waals surface area contributed by atoms with Gasteiger partial charge >= 0.3 is 0 Å². The summed E-state index contributed by atoms with van der Waals surface area (Å²) >= 11 is 0. The number of carbonyl (C=O) groups excluding carboxylic acids is 1. The molecule has 1 amide bonds. The van der Waals surface area contributed by atoms with Crippen LogP contribution < -0.4 is 0 Å². The number of aliphatic hydroxyl groups is 1. The maximum atomic E-state index is 12.7. The number of hydrogen-bond acceptors (Lipinski definition) is 5. The molecule has 0 unspecified atom stereocenters. The zero-order chi connectivity index (χ0) is 16.6. The number of fused-ring (bicyclic) bond motifs is 1. The van der Waals surface area contributed by atoms with E-state index >= 15 is 0 Å². The molecule has 0 fully saturated rings. The average molecular weight is 315 g/mol. The molecule has 0 aliphatic carbocycles. The van der Waals surface area contributed by atoms with Crippen LogP contribution in [0.1, 0.15) is 60.4 Å². The molecule has 1 atom stereocenters. The lowest BCUT2D eigenvalue weighted by atomic mass is 10.1. The topological polar surface area (TPSA) is 84.1 Å². The molecule has 2 aromatic rings. The summed E-state index contributed by atoms with van der Waals surface area (Å²) in [6, 6.07) is 3.45. The van der Waals surface area contributed by atoms with Crippen LogP contribution in [0.15, 0.2) is 18.3 Å². The summed E-state index contributed by atoms with van der Waals surface area (Å²) in [5.41, 5.74) is 1.03. The first-order chi connectivity index (χ1) is 11.0. The third-order valence-electron chi connectivity index (χ3n) is 4.08. The van der Waals surface area contributed by atoms with Crippen molar-refractivity contribution in [1.29, 1.82) is 0 Å². The summed E-state index contributed by atoms with van der Waals surface area (Å²) in [4.78, 5) is 18.6. The molecule has 0 saturated carbocycles. The summed E-state index contributed by atoms with van der Waals surface area (Å²) in [5.74, 6) is 1.91. The number of aromatic nitrogens is 4. The van der Waals surface area contributed by atoms with Crippen molar-refractivity contribution in [2.24, 2.45) is 0 Å². The van der Waals surface area contributed by atoms with Crippen LogP contribution in [0, 0.1) is 0 Å². The summed E-state index contributed by atoms with van der Waals surface area (Å²) in [7, 11) is 0. The lowest BCUT2D eigenvalue weighted by molar-refractivity contribution is 0.0673. The van der Waals surface area contributed by atoms with Crippen molar-refractivity contribution in [1.82, 2.24) is 24.6 Å². The van der Waals surface area contributed by atoms with E-state index < -0.39 is 0 Å². The van der Waals surface area contributed by atoms with Gasteiger partial charge in [-0.2, -0.15) is 0 Å². The van der Waals surface area contributed by atoms with Crippen molar-refractivity contribution in [3.8, 4) is 0 Å². The summed E-state index contributed by atoms with van der Waals surface area (Å²) in [6.07, 6.45) is 1.55. The van der Waals surface area contributed by atoms with Crippen molar-refractivity contribution in [2.75, 3.05) is 6.54 Å². The van der Waals surface area contributed by atoms with Crippen LogP contribution in [-0.2, 0) is 13.2 Å². The van der Waals surface area contributed by atoms with E-state index in [2.05, 4.69) is 40.5 Å². The van der Waals surface area contributed by atoms with Gasteiger partial charge in [0, 0.05) is 18.7 Å². The van der Waals surface area contributed by atoms with Gasteiger partial charge in [0.25, 0.3) is 5.91 Å². The van der Waals surface area contributed by atoms with Crippen LogP contribution in [-0.4, -0.2) is 42.2 Å². The molecule has 1 aliphatic rings. The van der Waals surface area contributed by atoms with E-state index in [1.165, 1.54) is 0 Å². The highest BCUT2D eigenvalue weighted by Gasteiger charge is 2.30. The average Bonchev–Trinajstić information content (AvgIpc) is 2.99. The Kier molecular flexibility index (Phi) is 4.12. The molecule has 7 nitrogen and oxygen atoms in total. The van der Waals surface area contributed by atoms with Crippen LogP contribution in [0.25, 0.3) is 0 Å². The van der Waals surface area contributed by atoms with Gasteiger partial charge in [0.05, 0.1) is 19.2 Å². The number of carbonyl (C=O) groups is 1. The number of nitrogens with zero attached hydrogens (tertiary/aromatic N) is 5. The highest BCUT2D eigenvalue weighted by molar-refractivity contribution is 5.92. The lowest BCUT2D eigenvalue weighted by Crippen LogP contribution is -2.41. The van der Waals surface area contributed by atoms with Gasteiger partial charge in [-0.25, -0.2) is 0 Å². The second-order valence-corrected chi connectivity index (χ2v) is 6.24. The van der Waals surface area contributed by atoms with Gasteiger partial charge < -0.3 is 14.6 Å². The summed E-state index contributed by atoms with van der Waals surface area (Å²) in [5, 5.41) is 17.7. The maximum absolute atomic E-state index is 12.7. The van der Waals surface area contributed by atoms with Crippen molar-refractivity contribution in [2.45, 2.75) is 45.9 Å². The summed E-state index contributed by atoms with van der Waals surface area (Å²) in [6.45, 7) is 7.15. The Morgan fingerprint density at radius 2 is 2.22 bits per heavy atom. The molecule has 0 saturated heterocycles. The second-order valence-electron chi connectivity index (χ2n) is 6.24. The zero-order valence-electron chi connectivity index (χ0n) is 13.6. The Hall–Kier alpha value is -2.28. The minimum absolute atomic E-state index is 0.106. The highest BCUT2D eigenvalue weighted by atomic mass is 16.3. The molecule has 0 spiro atoms. The Morgan fingerprint density at radius 3 is 2.91 bits per heavy atom. The van der Waals surface area contributed by atoms with Gasteiger partial charge in [-0.3, -0.25) is 9.78 Å². The van der Waals surface area contributed by atoms with Gasteiger partial charge in [0.15, 0.2) is 5.82 Å². The van der Waals surface area contributed by atoms with E-state index in [0.717, 1.165) is 11.6 Å². The molecule has 0 radical (unpaired) electrons. The van der Waals surface area contributed by atoms with E-state index in [-0.39, 0.29) is 18.6 Å². The maximum Gasteiger partial charge on any atom is 0.272 e. The molecule has 2 aromatic heterocycles. The molecule has 0 bridgehead atoms. The van der Waals surface area contributed by atoms with Crippen LogP contribution >= 0.6 is 0 Å². The third-order valence-corrected chi connectivity index (χ3v) is 4.08. The molecule has 1 aliphatic heterocycles. The summed E-state index contributed by atoms with van der Waals surface area (Å²) < 4.78 is 2.13. The number of amides is 1. The van der Waals surface area contributed by atoms with E-state index in [1.54, 1.807) is 23.2 Å². The second kappa shape index (κ2) is 6.08. The largest absolute Gasteiger partial charge is 0.392 e. The standard InChI is InChI=1S/C16H21N5O2/c1-10(2)15-19-18-14-8-20(7-11(3)21(14)15)16(23)13-6-12(9-22)4-5-17-13/h4-6,10-11,22H,7-9H2,1-3H3/t11-/m0/s1. The molecule has 3 heterocycles. The molecular weight excluding hydrogens is 294 g/mol. The molecule has 0 aromatic carbocycles. The zero-order valence-corrected chi connectivity index (χ0v) is 13.6. The first kappa shape index (κ1) is 15.6. The molecule has 122 valence electrons. The van der Waals surface area contributed by atoms with Gasteiger partial charge in [0.1, 0.15) is 11.5 Å². The van der Waals surface area contributed by atoms with Crippen LogP contribution in [0.5, 0.6) is 0 Å². The molecule has 7 heteroatoms. The van der Waals surface area contributed by atoms with Gasteiger partial charge in [-0.05, 0) is 24.6 Å². The first-order valence-electron chi connectivity index (χ1n) is 7.80. The Labute approximate surface area is 135 Å². The fourth-order valence-electron chi connectivity index (χ4n) is 2.96. The van der Waals surface area contributed by atoms with Crippen LogP contribution in [0.2, 0.25) is 0 Å². The Morgan fingerprint density at radius 1 is 1.43 bits per heavy atom. The van der Waals surface area contributed by atoms with E-state index in [1.807, 2.05) is 0 Å². The predicted molar refractivity (Wildman–Crippen MR) is 83.7 cm³/mol. The molecule has 1 N–H and O–H groups in total. The third kappa shape index (κ3) is 2.84. The number of pyridine rings is 1. The lowest BCUT2D eigenvalue weighted by Gasteiger charge is -2.32. The minimum atomic E-state index is -0.146. The fourth-order valence-corrected chi connectivity index (χ4v) is 2.96. The van der Waals surface area contributed by atoms with Crippen LogP contribution in [0.3, 0.4) is 0 Å². The van der Waals surface area contributed by atoms with E-state index in [4.69, 9.17) is 0 Å². The van der Waals surface area contributed by atoms with Crippen molar-refractivity contribution >= 4 is 5.91 Å². The van der Waals surface area contributed by atoms with Gasteiger partial charge in [0.2, 0.25) is 0 Å².